The van der Waals surface area contributed by atoms with Gasteiger partial charge in [-0.15, -0.1) is 0 Å². The van der Waals surface area contributed by atoms with E-state index in [1.807, 2.05) is 31.2 Å². The van der Waals surface area contributed by atoms with Crippen molar-refractivity contribution >= 4 is 16.7 Å². The molecule has 76 valence electrons. The Morgan fingerprint density at radius 3 is 2.93 bits per heavy atom. The number of benzene rings is 1. The molecule has 3 nitrogen and oxygen atoms in total. The van der Waals surface area contributed by atoms with Gasteiger partial charge in [-0.05, 0) is 18.4 Å². The van der Waals surface area contributed by atoms with Crippen LogP contribution in [0.1, 0.15) is 11.3 Å². The molecule has 1 aromatic heterocycles. The molecule has 3 heteroatoms. The number of pyridine rings is 1. The summed E-state index contributed by atoms with van der Waals surface area (Å²) < 4.78 is 0. The van der Waals surface area contributed by atoms with Gasteiger partial charge in [-0.3, -0.25) is 9.78 Å². The summed E-state index contributed by atoms with van der Waals surface area (Å²) in [4.78, 5) is 14.7. The van der Waals surface area contributed by atoms with Crippen molar-refractivity contribution in [1.29, 1.82) is 0 Å². The van der Waals surface area contributed by atoms with E-state index in [2.05, 4.69) is 4.98 Å². The van der Waals surface area contributed by atoms with Crippen LogP contribution >= 0.6 is 0 Å². The van der Waals surface area contributed by atoms with E-state index in [-0.39, 0.29) is 6.42 Å². The van der Waals surface area contributed by atoms with Crippen molar-refractivity contribution in [3.8, 4) is 0 Å². The molecule has 0 aliphatic carbocycles. The highest BCUT2D eigenvalue weighted by Crippen LogP contribution is 2.18. The second kappa shape index (κ2) is 3.69. The fraction of sp³-hybridized carbons (Fsp3) is 0.167. The predicted molar refractivity (Wildman–Crippen MR) is 57.8 cm³/mol. The van der Waals surface area contributed by atoms with Crippen LogP contribution in [0.4, 0.5) is 0 Å². The lowest BCUT2D eigenvalue weighted by molar-refractivity contribution is -0.136. The molecule has 0 spiro atoms. The third-order valence-corrected chi connectivity index (χ3v) is 2.32. The molecular weight excluding hydrogens is 190 g/mol. The number of nitrogens with zero attached hydrogens (tertiary/aromatic N) is 1. The highest BCUT2D eigenvalue weighted by molar-refractivity contribution is 5.87. The van der Waals surface area contributed by atoms with E-state index in [4.69, 9.17) is 5.11 Å². The van der Waals surface area contributed by atoms with E-state index < -0.39 is 5.97 Å². The lowest BCUT2D eigenvalue weighted by Gasteiger charge is -2.03. The average Bonchev–Trinajstić information content (AvgIpc) is 2.16. The molecule has 0 radical (unpaired) electrons. The molecule has 2 aromatic rings. The Bertz CT molecular complexity index is 520. The number of carboxylic acid groups (broad SMARTS) is 1. The van der Waals surface area contributed by atoms with Gasteiger partial charge in [0.05, 0.1) is 12.1 Å². The molecule has 0 saturated carbocycles. The first kappa shape index (κ1) is 9.65. The van der Waals surface area contributed by atoms with Gasteiger partial charge in [0.1, 0.15) is 0 Å². The summed E-state index contributed by atoms with van der Waals surface area (Å²) in [5.41, 5.74) is 1.79. The molecule has 15 heavy (non-hydrogen) atoms. The molecule has 0 aliphatic heterocycles. The van der Waals surface area contributed by atoms with E-state index in [9.17, 15) is 4.79 Å². The topological polar surface area (TPSA) is 50.2 Å². The zero-order chi connectivity index (χ0) is 10.8. The van der Waals surface area contributed by atoms with Gasteiger partial charge < -0.3 is 5.11 Å². The predicted octanol–water partition coefficient (Wildman–Crippen LogP) is 2.17. The molecule has 1 aromatic carbocycles. The summed E-state index contributed by atoms with van der Waals surface area (Å²) >= 11 is 0. The molecule has 0 unspecified atom stereocenters. The number of carbonyl (C=O) groups is 1. The maximum Gasteiger partial charge on any atom is 0.309 e. The van der Waals surface area contributed by atoms with Crippen molar-refractivity contribution in [1.82, 2.24) is 4.98 Å². The number of fused-ring (bicyclic) bond motifs is 1. The number of aryl methyl sites for hydroxylation is 1. The van der Waals surface area contributed by atoms with Crippen molar-refractivity contribution in [3.63, 3.8) is 0 Å². The molecule has 0 fully saturated rings. The molecular formula is C12H11NO2. The lowest BCUT2D eigenvalue weighted by atomic mass is 10.1. The largest absolute Gasteiger partial charge is 0.481 e. The number of carboxylic acids is 1. The zero-order valence-corrected chi connectivity index (χ0v) is 8.40. The highest BCUT2D eigenvalue weighted by atomic mass is 16.4. The Morgan fingerprint density at radius 1 is 1.40 bits per heavy atom. The van der Waals surface area contributed by atoms with Crippen LogP contribution in [0.3, 0.4) is 0 Å². The molecule has 2 rings (SSSR count). The normalized spacial score (nSPS) is 10.5. The van der Waals surface area contributed by atoms with Crippen LogP contribution in [-0.4, -0.2) is 16.1 Å². The summed E-state index contributed by atoms with van der Waals surface area (Å²) in [6.45, 7) is 2.01. The number of hydrogen-bond acceptors (Lipinski definition) is 2. The van der Waals surface area contributed by atoms with Gasteiger partial charge in [0, 0.05) is 11.6 Å². The molecule has 0 bridgehead atoms. The molecule has 0 amide bonds. The lowest BCUT2D eigenvalue weighted by Crippen LogP contribution is -2.02. The van der Waals surface area contributed by atoms with Crippen molar-refractivity contribution in [2.45, 2.75) is 13.3 Å². The third kappa shape index (κ3) is 1.96. The quantitative estimate of drug-likeness (QED) is 0.810. The minimum absolute atomic E-state index is 0.0274. The Hall–Kier alpha value is -1.90. The van der Waals surface area contributed by atoms with Crippen LogP contribution in [0.2, 0.25) is 0 Å². The third-order valence-electron chi connectivity index (χ3n) is 2.32. The Morgan fingerprint density at radius 2 is 2.20 bits per heavy atom. The minimum Gasteiger partial charge on any atom is -0.481 e. The van der Waals surface area contributed by atoms with Gasteiger partial charge in [-0.25, -0.2) is 0 Å². The van der Waals surface area contributed by atoms with Crippen LogP contribution in [0, 0.1) is 6.92 Å². The number of aliphatic carboxylic acids is 1. The van der Waals surface area contributed by atoms with Gasteiger partial charge >= 0.3 is 5.97 Å². The maximum absolute atomic E-state index is 10.6. The van der Waals surface area contributed by atoms with Crippen LogP contribution in [0.25, 0.3) is 10.8 Å². The van der Waals surface area contributed by atoms with Gasteiger partial charge in [0.25, 0.3) is 0 Å². The van der Waals surface area contributed by atoms with Crippen LogP contribution < -0.4 is 0 Å². The van der Waals surface area contributed by atoms with E-state index in [0.29, 0.717) is 5.69 Å². The fourth-order valence-electron chi connectivity index (χ4n) is 1.64. The first-order valence-corrected chi connectivity index (χ1v) is 4.73. The maximum atomic E-state index is 10.6. The van der Waals surface area contributed by atoms with E-state index in [1.54, 1.807) is 6.20 Å². The monoisotopic (exact) mass is 201 g/mol. The second-order valence-electron chi connectivity index (χ2n) is 3.55. The first-order valence-electron chi connectivity index (χ1n) is 4.73. The smallest absolute Gasteiger partial charge is 0.309 e. The fourth-order valence-corrected chi connectivity index (χ4v) is 1.64. The van der Waals surface area contributed by atoms with Gasteiger partial charge in [0.2, 0.25) is 0 Å². The molecule has 0 aliphatic rings. The molecule has 1 N–H and O–H groups in total. The van der Waals surface area contributed by atoms with Crippen molar-refractivity contribution < 1.29 is 9.90 Å². The number of rotatable bonds is 2. The van der Waals surface area contributed by atoms with Crippen LogP contribution in [0.5, 0.6) is 0 Å². The standard InChI is InChI=1S/C12H11NO2/c1-8-2-3-10-9(6-8)4-5-13-11(10)7-12(14)15/h2-6H,7H2,1H3,(H,14,15). The van der Waals surface area contributed by atoms with Crippen molar-refractivity contribution in [2.24, 2.45) is 0 Å². The Kier molecular flexibility index (Phi) is 2.37. The average molecular weight is 201 g/mol. The number of aromatic nitrogens is 1. The highest BCUT2D eigenvalue weighted by Gasteiger charge is 2.06. The van der Waals surface area contributed by atoms with Gasteiger partial charge in [-0.1, -0.05) is 23.8 Å². The number of hydrogen-bond donors (Lipinski definition) is 1. The van der Waals surface area contributed by atoms with Gasteiger partial charge in [0.15, 0.2) is 0 Å². The van der Waals surface area contributed by atoms with E-state index >= 15 is 0 Å². The van der Waals surface area contributed by atoms with E-state index in [1.165, 1.54) is 0 Å². The minimum atomic E-state index is -0.851. The summed E-state index contributed by atoms with van der Waals surface area (Å²) in [6.07, 6.45) is 1.63. The Labute approximate surface area is 87.4 Å². The molecule has 0 atom stereocenters. The first-order chi connectivity index (χ1) is 7.16. The van der Waals surface area contributed by atoms with Gasteiger partial charge in [-0.2, -0.15) is 0 Å². The molecule has 0 saturated heterocycles. The zero-order valence-electron chi connectivity index (χ0n) is 8.40. The van der Waals surface area contributed by atoms with E-state index in [0.717, 1.165) is 16.3 Å². The van der Waals surface area contributed by atoms with Crippen LogP contribution in [-0.2, 0) is 11.2 Å². The van der Waals surface area contributed by atoms with Crippen molar-refractivity contribution in [3.05, 3.63) is 41.7 Å². The molecule has 1 heterocycles. The summed E-state index contributed by atoms with van der Waals surface area (Å²) in [5, 5.41) is 10.7. The SMILES string of the molecule is Cc1ccc2c(CC(=O)O)nccc2c1. The summed E-state index contributed by atoms with van der Waals surface area (Å²) in [6, 6.07) is 7.82. The summed E-state index contributed by atoms with van der Waals surface area (Å²) in [7, 11) is 0. The van der Waals surface area contributed by atoms with Crippen LogP contribution in [0.15, 0.2) is 30.5 Å². The summed E-state index contributed by atoms with van der Waals surface area (Å²) in [5.74, 6) is -0.851. The Balaban J connectivity index is 2.60. The van der Waals surface area contributed by atoms with Crippen molar-refractivity contribution in [2.75, 3.05) is 0 Å². The second-order valence-corrected chi connectivity index (χ2v) is 3.55.